The van der Waals surface area contributed by atoms with Crippen LogP contribution in [-0.4, -0.2) is 17.6 Å². The van der Waals surface area contributed by atoms with Crippen molar-refractivity contribution in [1.82, 2.24) is 4.98 Å². The van der Waals surface area contributed by atoms with Gasteiger partial charge in [-0.25, -0.2) is 4.98 Å². The monoisotopic (exact) mass is 201 g/mol. The highest BCUT2D eigenvalue weighted by molar-refractivity contribution is 5.43. The van der Waals surface area contributed by atoms with Gasteiger partial charge in [0.15, 0.2) is 0 Å². The maximum absolute atomic E-state index is 8.80. The molecule has 1 fully saturated rings. The second-order valence-electron chi connectivity index (χ2n) is 3.92. The molecule has 0 atom stereocenters. The molecule has 1 aromatic rings. The highest BCUT2D eigenvalue weighted by atomic mass is 15.2. The molecule has 0 amide bonds. The molecule has 3 nitrogen and oxygen atoms in total. The van der Waals surface area contributed by atoms with Crippen LogP contribution in [0.4, 0.5) is 5.82 Å². The molecule has 0 N–H and O–H groups in total. The molecular formula is C12H15N3. The van der Waals surface area contributed by atoms with Crippen molar-refractivity contribution >= 4 is 5.82 Å². The van der Waals surface area contributed by atoms with Crippen molar-refractivity contribution in [3.63, 3.8) is 0 Å². The van der Waals surface area contributed by atoms with Crippen LogP contribution in [-0.2, 0) is 0 Å². The first kappa shape index (κ1) is 9.97. The zero-order chi connectivity index (χ0) is 10.7. The summed E-state index contributed by atoms with van der Waals surface area (Å²) in [6.45, 7) is 3.20. The molecule has 1 saturated carbocycles. The van der Waals surface area contributed by atoms with Gasteiger partial charge in [0.1, 0.15) is 17.6 Å². The molecule has 0 aliphatic heterocycles. The van der Waals surface area contributed by atoms with E-state index in [2.05, 4.69) is 22.9 Å². The molecule has 15 heavy (non-hydrogen) atoms. The fourth-order valence-corrected chi connectivity index (χ4v) is 1.76. The molecule has 2 rings (SSSR count). The van der Waals surface area contributed by atoms with Crippen LogP contribution in [0.25, 0.3) is 0 Å². The predicted molar refractivity (Wildman–Crippen MR) is 59.6 cm³/mol. The Hall–Kier alpha value is -1.56. The quantitative estimate of drug-likeness (QED) is 0.750. The number of rotatable bonds is 4. The summed E-state index contributed by atoms with van der Waals surface area (Å²) in [5, 5.41) is 8.80. The Morgan fingerprint density at radius 3 is 2.93 bits per heavy atom. The first-order chi connectivity index (χ1) is 7.35. The summed E-state index contributed by atoms with van der Waals surface area (Å²) in [5.41, 5.74) is 0.509. The number of nitrogens with zero attached hydrogens (tertiary/aromatic N) is 3. The number of anilines is 1. The zero-order valence-electron chi connectivity index (χ0n) is 8.98. The van der Waals surface area contributed by atoms with Gasteiger partial charge in [0.25, 0.3) is 0 Å². The van der Waals surface area contributed by atoms with E-state index < -0.39 is 0 Å². The molecule has 1 aliphatic carbocycles. The van der Waals surface area contributed by atoms with E-state index in [1.54, 1.807) is 6.07 Å². The lowest BCUT2D eigenvalue weighted by Gasteiger charge is -2.22. The highest BCUT2D eigenvalue weighted by Gasteiger charge is 2.29. The van der Waals surface area contributed by atoms with Gasteiger partial charge in [-0.1, -0.05) is 13.0 Å². The van der Waals surface area contributed by atoms with Crippen molar-refractivity contribution in [2.45, 2.75) is 32.2 Å². The minimum Gasteiger partial charge on any atom is -0.354 e. The molecule has 1 aliphatic rings. The number of hydrogen-bond acceptors (Lipinski definition) is 3. The average Bonchev–Trinajstić information content (AvgIpc) is 3.10. The first-order valence-electron chi connectivity index (χ1n) is 5.49. The molecular weight excluding hydrogens is 186 g/mol. The average molecular weight is 201 g/mol. The summed E-state index contributed by atoms with van der Waals surface area (Å²) in [5.74, 6) is 0.957. The van der Waals surface area contributed by atoms with Crippen LogP contribution in [0.1, 0.15) is 31.9 Å². The van der Waals surface area contributed by atoms with E-state index >= 15 is 0 Å². The maximum atomic E-state index is 8.80. The summed E-state index contributed by atoms with van der Waals surface area (Å²) >= 11 is 0. The van der Waals surface area contributed by atoms with Gasteiger partial charge >= 0.3 is 0 Å². The largest absolute Gasteiger partial charge is 0.354 e. The lowest BCUT2D eigenvalue weighted by atomic mass is 10.3. The molecule has 0 unspecified atom stereocenters. The van der Waals surface area contributed by atoms with Gasteiger partial charge < -0.3 is 4.90 Å². The van der Waals surface area contributed by atoms with E-state index in [0.29, 0.717) is 11.7 Å². The van der Waals surface area contributed by atoms with Gasteiger partial charge in [-0.2, -0.15) is 5.26 Å². The van der Waals surface area contributed by atoms with E-state index in [0.717, 1.165) is 18.8 Å². The number of hydrogen-bond donors (Lipinski definition) is 0. The smallest absolute Gasteiger partial charge is 0.142 e. The van der Waals surface area contributed by atoms with Gasteiger partial charge in [0, 0.05) is 12.6 Å². The summed E-state index contributed by atoms with van der Waals surface area (Å²) in [6, 6.07) is 8.40. The van der Waals surface area contributed by atoms with Gasteiger partial charge in [-0.05, 0) is 31.4 Å². The maximum Gasteiger partial charge on any atom is 0.142 e. The Kier molecular flexibility index (Phi) is 2.86. The fourth-order valence-electron chi connectivity index (χ4n) is 1.76. The van der Waals surface area contributed by atoms with Crippen molar-refractivity contribution < 1.29 is 0 Å². The third-order valence-electron chi connectivity index (χ3n) is 2.60. The van der Waals surface area contributed by atoms with Gasteiger partial charge in [0.2, 0.25) is 0 Å². The predicted octanol–water partition coefficient (Wildman–Crippen LogP) is 2.33. The Morgan fingerprint density at radius 2 is 2.33 bits per heavy atom. The first-order valence-corrected chi connectivity index (χ1v) is 5.49. The topological polar surface area (TPSA) is 39.9 Å². The van der Waals surface area contributed by atoms with Crippen molar-refractivity contribution in [2.24, 2.45) is 0 Å². The lowest BCUT2D eigenvalue weighted by molar-refractivity contribution is 0.750. The van der Waals surface area contributed by atoms with E-state index in [1.165, 1.54) is 12.8 Å². The summed E-state index contributed by atoms with van der Waals surface area (Å²) in [6.07, 6.45) is 3.64. The molecule has 1 heterocycles. The van der Waals surface area contributed by atoms with Gasteiger partial charge in [-0.15, -0.1) is 0 Å². The summed E-state index contributed by atoms with van der Waals surface area (Å²) in [4.78, 5) is 6.66. The molecule has 1 aromatic heterocycles. The van der Waals surface area contributed by atoms with Crippen molar-refractivity contribution in [1.29, 1.82) is 5.26 Å². The van der Waals surface area contributed by atoms with Crippen LogP contribution >= 0.6 is 0 Å². The van der Waals surface area contributed by atoms with E-state index in [9.17, 15) is 0 Å². The zero-order valence-corrected chi connectivity index (χ0v) is 8.98. The molecule has 0 bridgehead atoms. The van der Waals surface area contributed by atoms with E-state index in [4.69, 9.17) is 5.26 Å². The molecule has 0 spiro atoms. The number of pyridine rings is 1. The Balaban J connectivity index is 2.21. The van der Waals surface area contributed by atoms with Gasteiger partial charge in [0.05, 0.1) is 0 Å². The van der Waals surface area contributed by atoms with Crippen molar-refractivity contribution in [3.8, 4) is 6.07 Å². The Bertz CT molecular complexity index is 377. The summed E-state index contributed by atoms with van der Waals surface area (Å²) < 4.78 is 0. The van der Waals surface area contributed by atoms with Crippen LogP contribution in [0.15, 0.2) is 18.2 Å². The van der Waals surface area contributed by atoms with Crippen LogP contribution in [0.2, 0.25) is 0 Å². The SMILES string of the molecule is CCCN(c1cccc(C#N)n1)C1CC1. The molecule has 0 aromatic carbocycles. The Labute approximate surface area is 90.4 Å². The van der Waals surface area contributed by atoms with E-state index in [1.807, 2.05) is 12.1 Å². The molecule has 3 heteroatoms. The van der Waals surface area contributed by atoms with Crippen LogP contribution < -0.4 is 4.90 Å². The third-order valence-corrected chi connectivity index (χ3v) is 2.60. The van der Waals surface area contributed by atoms with Crippen LogP contribution in [0, 0.1) is 11.3 Å². The molecule has 78 valence electrons. The number of aromatic nitrogens is 1. The minimum atomic E-state index is 0.509. The van der Waals surface area contributed by atoms with Crippen molar-refractivity contribution in [3.05, 3.63) is 23.9 Å². The summed E-state index contributed by atoms with van der Waals surface area (Å²) in [7, 11) is 0. The standard InChI is InChI=1S/C12H15N3/c1-2-8-15(11-6-7-11)12-5-3-4-10(9-13)14-12/h3-5,11H,2,6-8H2,1H3. The van der Waals surface area contributed by atoms with Crippen LogP contribution in [0.3, 0.4) is 0 Å². The normalized spacial score (nSPS) is 14.7. The highest BCUT2D eigenvalue weighted by Crippen LogP contribution is 2.30. The van der Waals surface area contributed by atoms with Gasteiger partial charge in [-0.3, -0.25) is 0 Å². The molecule has 0 radical (unpaired) electrons. The second-order valence-corrected chi connectivity index (χ2v) is 3.92. The van der Waals surface area contributed by atoms with Crippen LogP contribution in [0.5, 0.6) is 0 Å². The third kappa shape index (κ3) is 2.27. The second kappa shape index (κ2) is 4.31. The number of nitriles is 1. The molecule has 0 saturated heterocycles. The Morgan fingerprint density at radius 1 is 1.53 bits per heavy atom. The fraction of sp³-hybridized carbons (Fsp3) is 0.500. The lowest BCUT2D eigenvalue weighted by Crippen LogP contribution is -2.27. The minimum absolute atomic E-state index is 0.509. The van der Waals surface area contributed by atoms with Crippen molar-refractivity contribution in [2.75, 3.05) is 11.4 Å². The van der Waals surface area contributed by atoms with E-state index in [-0.39, 0.29) is 0 Å².